The van der Waals surface area contributed by atoms with Crippen molar-refractivity contribution >= 4 is 117 Å². The molecule has 0 saturated heterocycles. The smallest absolute Gasteiger partial charge is 0.325 e. The van der Waals surface area contributed by atoms with Crippen LogP contribution in [0.1, 0.15) is 182 Å². The molecule has 0 bridgehead atoms. The first-order valence-electron chi connectivity index (χ1n) is 41.6. The Morgan fingerprint density at radius 2 is 0.829 bits per heavy atom. The van der Waals surface area contributed by atoms with Gasteiger partial charge in [-0.2, -0.15) is 0 Å². The topological polar surface area (TPSA) is 683 Å². The first-order chi connectivity index (χ1) is 58.4. The molecule has 16 amide bonds. The fraction of sp³-hybridized carbons (Fsp3) is 0.605. The third-order valence-electron chi connectivity index (χ3n) is 20.3. The number of nitrogens with one attached hydrogen (secondary N) is 16. The van der Waals surface area contributed by atoms with Gasteiger partial charge in [0.25, 0.3) is 0 Å². The van der Waals surface area contributed by atoms with Crippen molar-refractivity contribution in [2.75, 3.05) is 45.9 Å². The number of aromatic hydroxyl groups is 1. The second kappa shape index (κ2) is 56.6. The normalized spacial score (nSPS) is 14.5. The van der Waals surface area contributed by atoms with E-state index in [0.717, 1.165) is 38.5 Å². The Morgan fingerprint density at radius 3 is 1.36 bits per heavy atom. The van der Waals surface area contributed by atoms with Gasteiger partial charge in [0.15, 0.2) is 0 Å². The molecule has 0 radical (unpaired) electrons. The zero-order valence-corrected chi connectivity index (χ0v) is 70.9. The Hall–Kier alpha value is -11.9. The number of nitrogens with two attached hydrogens (primary N) is 3. The molecule has 2 aromatic carbocycles. The van der Waals surface area contributed by atoms with Crippen LogP contribution in [0.4, 0.5) is 0 Å². The number of phenolic OH excluding ortho intramolecular Hbond substituents is 1. The average Bonchev–Trinajstić information content (AvgIpc) is 1.66. The summed E-state index contributed by atoms with van der Waals surface area (Å²) < 4.78 is 0. The number of H-pyrrole nitrogens is 1. The first kappa shape index (κ1) is 105. The average molecular weight is 1740 g/mol. The van der Waals surface area contributed by atoms with Crippen molar-refractivity contribution in [2.45, 2.75) is 256 Å². The third kappa shape index (κ3) is 39.2. The van der Waals surface area contributed by atoms with Gasteiger partial charge in [-0.25, -0.2) is 0 Å². The van der Waals surface area contributed by atoms with E-state index in [1.54, 1.807) is 58.2 Å². The van der Waals surface area contributed by atoms with Gasteiger partial charge in [0.2, 0.25) is 94.5 Å². The molecule has 0 fully saturated rings. The highest BCUT2D eigenvalue weighted by Gasteiger charge is 2.38. The molecule has 27 N–H and O–H groups in total. The summed E-state index contributed by atoms with van der Waals surface area (Å²) >= 11 is 0. The SMILES string of the molecule is CCCCCCCCCC(=O)N[C@@H](CO)C(=O)N[C@@H](CCC(=O)O)C(=O)N[C@@H](CO)C(=O)NCC(=O)N[C@H](C(=O)N[C@@H](C)C(=O)N[C@@H](Cc1c[nH]c2ccccc12)C(=O)NCC(=O)NCC(=O)N[C@H](C(=O)N[C@@H](CCCCN)C(=O)N[C@@H](CCCCN)C(=O)N[C@@H](CC(N)=O)C(=O)N[C@@H](Cc1ccc(O)cc1)C(=O)N[C@@H](C)C(=O)O)[C@@H](C)CC)[C@@H](C)CC. The van der Waals surface area contributed by atoms with E-state index in [4.69, 9.17) is 17.2 Å². The minimum atomic E-state index is -1.79. The van der Waals surface area contributed by atoms with Gasteiger partial charge < -0.3 is 127 Å². The van der Waals surface area contributed by atoms with E-state index in [2.05, 4.69) is 91.7 Å². The van der Waals surface area contributed by atoms with Gasteiger partial charge in [-0.05, 0) is 119 Å². The van der Waals surface area contributed by atoms with Crippen molar-refractivity contribution in [3.63, 3.8) is 0 Å². The molecule has 0 unspecified atom stereocenters. The standard InChI is InChI=1S/C81H127N19O23/c1-8-11-12-13-14-15-16-27-63(105)91-61(44-102)78(119)93-56(32-33-67(109)110)75(116)98-60(43-101)72(113)88-42-66(108)100-68(45(4)9-2)79(120)89-47(6)70(111)95-58(37-50-39-85-53-24-18-17-23-52(50)53)71(112)87-40-64(106)86-41-65(107)99-69(46(5)10-3)80(121)94-55(26-20-22-35-83)73(114)92-54(25-19-21-34-82)74(115)97-59(38-62(84)104)77(118)96-57(76(117)90-48(7)81(122)123)36-49-28-30-51(103)31-29-49/h17-18,23-24,28-31,39,45-48,54-61,68-69,85,101-103H,8-16,19-22,25-27,32-38,40-44,82-83H2,1-7H3,(H2,84,104)(H,86,106)(H,87,112)(H,88,113)(H,89,120)(H,90,117)(H,91,105)(H,92,114)(H,93,119)(H,94,121)(H,95,111)(H,96,118)(H,97,115)(H,98,116)(H,99,107)(H,100,108)(H,109,110)(H,122,123)/t45-,46-,47-,48-,54-,55-,56-,57-,58-,59-,60-,61-,68-,69-/m0/s1. The lowest BCUT2D eigenvalue weighted by Gasteiger charge is -2.28. The number of carboxylic acids is 2. The Morgan fingerprint density at radius 1 is 0.398 bits per heavy atom. The molecular formula is C81H127N19O23. The summed E-state index contributed by atoms with van der Waals surface area (Å²) in [6.45, 7) is 7.18. The maximum Gasteiger partial charge on any atom is 0.325 e. The van der Waals surface area contributed by atoms with Crippen molar-refractivity contribution in [3.05, 3.63) is 65.9 Å². The van der Waals surface area contributed by atoms with Gasteiger partial charge in [-0.3, -0.25) is 86.3 Å². The number of amides is 16. The molecule has 42 nitrogen and oxygen atoms in total. The first-order valence-corrected chi connectivity index (χ1v) is 41.6. The number of aromatic nitrogens is 1. The summed E-state index contributed by atoms with van der Waals surface area (Å²) in [6.07, 6.45) is 7.22. The summed E-state index contributed by atoms with van der Waals surface area (Å²) in [6, 6.07) is -5.70. The van der Waals surface area contributed by atoms with Gasteiger partial charge in [-0.15, -0.1) is 0 Å². The predicted molar refractivity (Wildman–Crippen MR) is 447 cm³/mol. The van der Waals surface area contributed by atoms with Gasteiger partial charge in [0.1, 0.15) is 78.3 Å². The lowest BCUT2D eigenvalue weighted by Crippen LogP contribution is -2.60. The highest BCUT2D eigenvalue weighted by molar-refractivity contribution is 6.01. The molecule has 0 aliphatic rings. The molecule has 1 heterocycles. The molecule has 1 aromatic heterocycles. The summed E-state index contributed by atoms with van der Waals surface area (Å²) in [5, 5.41) is 86.1. The molecule has 0 saturated carbocycles. The van der Waals surface area contributed by atoms with Crippen LogP contribution in [0.3, 0.4) is 0 Å². The van der Waals surface area contributed by atoms with Crippen LogP contribution < -0.4 is 97.0 Å². The molecule has 42 heteroatoms. The number of carboxylic acid groups (broad SMARTS) is 2. The number of benzene rings is 2. The number of carbonyl (C=O) groups excluding carboxylic acids is 16. The van der Waals surface area contributed by atoms with Crippen molar-refractivity contribution in [2.24, 2.45) is 29.0 Å². The molecule has 3 aromatic rings. The lowest BCUT2D eigenvalue weighted by atomic mass is 9.97. The van der Waals surface area contributed by atoms with E-state index in [0.29, 0.717) is 41.3 Å². The minimum Gasteiger partial charge on any atom is -0.508 e. The van der Waals surface area contributed by atoms with Gasteiger partial charge in [0, 0.05) is 42.8 Å². The Bertz CT molecular complexity index is 4020. The second-order valence-corrected chi connectivity index (χ2v) is 30.3. The number of hydrogen-bond acceptors (Lipinski definition) is 23. The number of aliphatic hydroxyl groups is 2. The number of phenols is 1. The Labute approximate surface area is 713 Å². The van der Waals surface area contributed by atoms with Crippen LogP contribution in [0.25, 0.3) is 10.9 Å². The lowest BCUT2D eigenvalue weighted by molar-refractivity contribution is -0.142. The van der Waals surface area contributed by atoms with E-state index in [9.17, 15) is 112 Å². The van der Waals surface area contributed by atoms with E-state index in [1.165, 1.54) is 38.1 Å². The maximum absolute atomic E-state index is 14.4. The molecule has 123 heavy (non-hydrogen) atoms. The Balaban J connectivity index is 1.74. The van der Waals surface area contributed by atoms with Crippen LogP contribution in [0.15, 0.2) is 54.7 Å². The number of rotatable bonds is 61. The zero-order valence-electron chi connectivity index (χ0n) is 70.9. The van der Waals surface area contributed by atoms with Crippen LogP contribution >= 0.6 is 0 Å². The molecule has 14 atom stereocenters. The van der Waals surface area contributed by atoms with Gasteiger partial charge in [-0.1, -0.05) is 116 Å². The molecule has 0 aliphatic carbocycles. The number of aromatic amines is 1. The summed E-state index contributed by atoms with van der Waals surface area (Å²) in [5.41, 5.74) is 18.7. The summed E-state index contributed by atoms with van der Waals surface area (Å²) in [4.78, 5) is 245. The Kier molecular flexibility index (Phi) is 48.5. The summed E-state index contributed by atoms with van der Waals surface area (Å²) in [5.74, 6) is -19.4. The number of para-hydroxylation sites is 1. The van der Waals surface area contributed by atoms with E-state index in [-0.39, 0.29) is 76.6 Å². The zero-order chi connectivity index (χ0) is 91.8. The molecular weight excluding hydrogens is 1610 g/mol. The van der Waals surface area contributed by atoms with E-state index >= 15 is 0 Å². The maximum atomic E-state index is 14.4. The summed E-state index contributed by atoms with van der Waals surface area (Å²) in [7, 11) is 0. The number of aliphatic hydroxyl groups excluding tert-OH is 2. The van der Waals surface area contributed by atoms with E-state index < -0.39 is 243 Å². The fourth-order valence-corrected chi connectivity index (χ4v) is 12.5. The molecule has 684 valence electrons. The third-order valence-corrected chi connectivity index (χ3v) is 20.3. The number of aliphatic carboxylic acids is 2. The predicted octanol–water partition coefficient (Wildman–Crippen LogP) is -3.83. The number of hydrogen-bond donors (Lipinski definition) is 24. The monoisotopic (exact) mass is 1730 g/mol. The number of primary amides is 1. The number of unbranched alkanes of at least 4 members (excludes halogenated alkanes) is 8. The van der Waals surface area contributed by atoms with E-state index in [1.807, 2.05) is 0 Å². The number of fused-ring (bicyclic) bond motifs is 1. The quantitative estimate of drug-likeness (QED) is 0.0241. The fourth-order valence-electron chi connectivity index (χ4n) is 12.5. The largest absolute Gasteiger partial charge is 0.508 e. The number of carbonyl (C=O) groups is 18. The van der Waals surface area contributed by atoms with Crippen LogP contribution in [0.5, 0.6) is 5.75 Å². The van der Waals surface area contributed by atoms with Crippen LogP contribution in [-0.4, -0.2) is 255 Å². The van der Waals surface area contributed by atoms with Crippen molar-refractivity contribution in [3.8, 4) is 5.75 Å². The van der Waals surface area contributed by atoms with Gasteiger partial charge >= 0.3 is 11.9 Å². The van der Waals surface area contributed by atoms with Crippen LogP contribution in [0, 0.1) is 11.8 Å². The molecule has 0 aliphatic heterocycles. The molecule has 0 spiro atoms. The highest BCUT2D eigenvalue weighted by Crippen LogP contribution is 2.21. The van der Waals surface area contributed by atoms with Gasteiger partial charge in [0.05, 0.1) is 39.3 Å². The van der Waals surface area contributed by atoms with Crippen molar-refractivity contribution < 1.29 is 112 Å². The van der Waals surface area contributed by atoms with Crippen LogP contribution in [-0.2, 0) is 99.1 Å². The molecule has 3 rings (SSSR count). The van der Waals surface area contributed by atoms with Crippen LogP contribution in [0.2, 0.25) is 0 Å². The second-order valence-electron chi connectivity index (χ2n) is 30.3. The highest BCUT2D eigenvalue weighted by atomic mass is 16.4. The minimum absolute atomic E-state index is 0.0487. The van der Waals surface area contributed by atoms with Crippen molar-refractivity contribution in [1.82, 2.24) is 84.7 Å². The van der Waals surface area contributed by atoms with Crippen molar-refractivity contribution in [1.29, 1.82) is 0 Å².